The molecule has 17 heavy (non-hydrogen) atoms. The van der Waals surface area contributed by atoms with E-state index in [2.05, 4.69) is 4.18 Å². The summed E-state index contributed by atoms with van der Waals surface area (Å²) < 4.78 is 28.4. The lowest BCUT2D eigenvalue weighted by Gasteiger charge is -1.98. The van der Waals surface area contributed by atoms with Crippen molar-refractivity contribution in [3.63, 3.8) is 0 Å². The molecule has 0 aromatic heterocycles. The largest absolute Gasteiger partial charge is 0.380 e. The van der Waals surface area contributed by atoms with Gasteiger partial charge in [0.1, 0.15) is 11.9 Å². The van der Waals surface area contributed by atoms with E-state index in [4.69, 9.17) is 14.1 Å². The molecular formula is C9H10NO6S+. The van der Waals surface area contributed by atoms with Crippen molar-refractivity contribution in [3.05, 3.63) is 29.2 Å². The maximum atomic E-state index is 11.5. The highest BCUT2D eigenvalue weighted by Crippen LogP contribution is 2.21. The fourth-order valence-corrected chi connectivity index (χ4v) is 1.39. The summed E-state index contributed by atoms with van der Waals surface area (Å²) in [5, 5.41) is 0. The number of ether oxygens (including phenoxy) is 1. The van der Waals surface area contributed by atoms with Crippen LogP contribution in [0.1, 0.15) is 0 Å². The Kier molecular flexibility index (Phi) is 3.67. The van der Waals surface area contributed by atoms with Crippen LogP contribution in [0.15, 0.2) is 24.3 Å². The predicted molar refractivity (Wildman–Crippen MR) is 56.8 cm³/mol. The van der Waals surface area contributed by atoms with Gasteiger partial charge >= 0.3 is 17.0 Å². The van der Waals surface area contributed by atoms with E-state index in [1.807, 2.05) is 0 Å². The Morgan fingerprint density at radius 1 is 1.59 bits per heavy atom. The van der Waals surface area contributed by atoms with Gasteiger partial charge in [-0.2, -0.15) is 4.21 Å². The Hall–Kier alpha value is -1.51. The van der Waals surface area contributed by atoms with Crippen molar-refractivity contribution in [1.29, 1.82) is 0 Å². The number of hydrogen-bond donors (Lipinski definition) is 1. The summed E-state index contributed by atoms with van der Waals surface area (Å²) in [5.41, 5.74) is 0.175. The lowest BCUT2D eigenvalue weighted by atomic mass is 10.3. The molecule has 1 fully saturated rings. The topological polar surface area (TPSA) is 88.4 Å². The summed E-state index contributed by atoms with van der Waals surface area (Å²) >= 11 is -2.42. The lowest BCUT2D eigenvalue weighted by Crippen LogP contribution is -2.08. The molecule has 2 atom stereocenters. The molecular weight excluding hydrogens is 250 g/mol. The van der Waals surface area contributed by atoms with Crippen molar-refractivity contribution in [2.75, 3.05) is 13.2 Å². The van der Waals surface area contributed by atoms with Gasteiger partial charge in [-0.3, -0.25) is 4.55 Å². The Bertz CT molecular complexity index is 447. The van der Waals surface area contributed by atoms with Crippen LogP contribution in [0.3, 0.4) is 0 Å². The number of benzene rings is 1. The zero-order valence-electron chi connectivity index (χ0n) is 8.64. The van der Waals surface area contributed by atoms with E-state index in [1.165, 1.54) is 24.3 Å². The Labute approximate surface area is 99.3 Å². The molecule has 0 amide bonds. The zero-order valence-corrected chi connectivity index (χ0v) is 9.46. The van der Waals surface area contributed by atoms with Crippen molar-refractivity contribution < 1.29 is 27.4 Å². The summed E-state index contributed by atoms with van der Waals surface area (Å²) in [7, 11) is 0. The van der Waals surface area contributed by atoms with Crippen LogP contribution >= 0.6 is 0 Å². The third-order valence-corrected chi connectivity index (χ3v) is 2.31. The molecule has 7 nitrogen and oxygen atoms in total. The molecule has 1 aromatic carbocycles. The summed E-state index contributed by atoms with van der Waals surface area (Å²) in [5.74, 6) is 0.107. The van der Waals surface area contributed by atoms with Crippen LogP contribution in [0, 0.1) is 4.91 Å². The third-order valence-electron chi connectivity index (χ3n) is 1.98. The SMILES string of the molecule is O=[N+](OCC1CO1)c1cccc(OS(=O)O)c1. The monoisotopic (exact) mass is 260 g/mol. The van der Waals surface area contributed by atoms with Gasteiger partial charge < -0.3 is 8.92 Å². The smallest absolute Gasteiger partial charge is 0.357 e. The minimum atomic E-state index is -2.42. The van der Waals surface area contributed by atoms with E-state index >= 15 is 0 Å². The molecule has 0 radical (unpaired) electrons. The molecule has 1 N–H and O–H groups in total. The van der Waals surface area contributed by atoms with Gasteiger partial charge in [0.2, 0.25) is 0 Å². The molecule has 0 spiro atoms. The second-order valence-electron chi connectivity index (χ2n) is 3.31. The normalized spacial score (nSPS) is 19.5. The van der Waals surface area contributed by atoms with Crippen molar-refractivity contribution in [2.45, 2.75) is 6.10 Å². The van der Waals surface area contributed by atoms with Crippen LogP contribution in [0.25, 0.3) is 0 Å². The van der Waals surface area contributed by atoms with Crippen LogP contribution in [0.4, 0.5) is 5.69 Å². The summed E-state index contributed by atoms with van der Waals surface area (Å²) in [6, 6.07) is 5.76. The highest BCUT2D eigenvalue weighted by molar-refractivity contribution is 7.74. The van der Waals surface area contributed by atoms with Crippen molar-refractivity contribution >= 4 is 17.0 Å². The number of epoxide rings is 1. The fraction of sp³-hybridized carbons (Fsp3) is 0.333. The Morgan fingerprint density at radius 2 is 2.35 bits per heavy atom. The molecule has 2 rings (SSSR count). The molecule has 92 valence electrons. The van der Waals surface area contributed by atoms with Gasteiger partial charge in [0.15, 0.2) is 6.61 Å². The Balaban J connectivity index is 1.98. The standard InChI is InChI=1S/C9H9NO6S/c11-10(15-6-9-5-14-9)7-2-1-3-8(4-7)16-17(12)13/h1-4,9H,5-6H2/p+1. The number of nitrogens with zero attached hydrogens (tertiary/aromatic N) is 1. The van der Waals surface area contributed by atoms with Crippen molar-refractivity contribution in [1.82, 2.24) is 0 Å². The van der Waals surface area contributed by atoms with Gasteiger partial charge in [-0.05, 0) is 6.07 Å². The first-order valence-electron chi connectivity index (χ1n) is 4.76. The van der Waals surface area contributed by atoms with E-state index in [0.29, 0.717) is 11.5 Å². The van der Waals surface area contributed by atoms with Gasteiger partial charge in [-0.15, -0.1) is 0 Å². The number of hydrogen-bond acceptors (Lipinski definition) is 5. The van der Waals surface area contributed by atoms with Crippen molar-refractivity contribution in [3.8, 4) is 5.75 Å². The first-order valence-corrected chi connectivity index (χ1v) is 5.79. The third kappa shape index (κ3) is 3.77. The van der Waals surface area contributed by atoms with E-state index in [9.17, 15) is 9.12 Å². The molecule has 1 heterocycles. The quantitative estimate of drug-likeness (QED) is 0.465. The van der Waals surface area contributed by atoms with Crippen molar-refractivity contribution in [2.24, 2.45) is 0 Å². The van der Waals surface area contributed by atoms with Crippen LogP contribution in [0.2, 0.25) is 0 Å². The van der Waals surface area contributed by atoms with E-state index in [0.717, 1.165) is 0 Å². The van der Waals surface area contributed by atoms with Gasteiger partial charge in [0.25, 0.3) is 4.92 Å². The lowest BCUT2D eigenvalue weighted by molar-refractivity contribution is -0.745. The second-order valence-corrected chi connectivity index (χ2v) is 3.91. The van der Waals surface area contributed by atoms with Gasteiger partial charge in [0, 0.05) is 6.07 Å². The van der Waals surface area contributed by atoms with Crippen LogP contribution in [0.5, 0.6) is 5.75 Å². The van der Waals surface area contributed by atoms with E-state index in [1.54, 1.807) is 0 Å². The highest BCUT2D eigenvalue weighted by atomic mass is 32.2. The molecule has 1 aromatic rings. The molecule has 8 heteroatoms. The first-order chi connectivity index (χ1) is 8.15. The van der Waals surface area contributed by atoms with Gasteiger partial charge in [-0.1, -0.05) is 6.07 Å². The summed E-state index contributed by atoms with van der Waals surface area (Å²) in [4.78, 5) is 16.6. The fourth-order valence-electron chi connectivity index (χ4n) is 1.12. The first kappa shape index (κ1) is 12.0. The molecule has 0 saturated carbocycles. The van der Waals surface area contributed by atoms with Gasteiger partial charge in [0.05, 0.1) is 17.6 Å². The predicted octanol–water partition coefficient (Wildman–Crippen LogP) is 0.943. The average Bonchev–Trinajstić information content (AvgIpc) is 3.09. The molecule has 0 aliphatic carbocycles. The molecule has 0 bridgehead atoms. The summed E-state index contributed by atoms with van der Waals surface area (Å²) in [6.07, 6.45) is -0.0178. The molecule has 2 unspecified atom stereocenters. The van der Waals surface area contributed by atoms with Gasteiger partial charge in [-0.25, -0.2) is 4.84 Å². The Morgan fingerprint density at radius 3 is 3.00 bits per heavy atom. The second kappa shape index (κ2) is 5.21. The number of rotatable bonds is 6. The average molecular weight is 260 g/mol. The molecule has 1 aliphatic rings. The maximum absolute atomic E-state index is 11.5. The minimum absolute atomic E-state index is 0.0178. The van der Waals surface area contributed by atoms with E-state index < -0.39 is 11.4 Å². The minimum Gasteiger partial charge on any atom is -0.380 e. The molecule has 1 aliphatic heterocycles. The van der Waals surface area contributed by atoms with Crippen LogP contribution in [-0.2, 0) is 20.9 Å². The van der Waals surface area contributed by atoms with Crippen LogP contribution < -0.4 is 4.18 Å². The van der Waals surface area contributed by atoms with Crippen LogP contribution in [-0.4, -0.2) is 33.0 Å². The zero-order chi connectivity index (χ0) is 12.3. The maximum Gasteiger partial charge on any atom is 0.357 e. The molecule has 1 saturated heterocycles. The van der Waals surface area contributed by atoms with E-state index in [-0.39, 0.29) is 24.1 Å². The summed E-state index contributed by atoms with van der Waals surface area (Å²) in [6.45, 7) is 0.779. The highest BCUT2D eigenvalue weighted by Gasteiger charge is 2.28.